The predicted octanol–water partition coefficient (Wildman–Crippen LogP) is 3.75. The lowest BCUT2D eigenvalue weighted by Crippen LogP contribution is -2.19. The minimum absolute atomic E-state index is 0.674. The van der Waals surface area contributed by atoms with E-state index >= 15 is 0 Å². The number of halogens is 1. The second-order valence-corrected chi connectivity index (χ2v) is 6.48. The van der Waals surface area contributed by atoms with Crippen LogP contribution in [0.15, 0.2) is 34.9 Å². The molecule has 20 heavy (non-hydrogen) atoms. The van der Waals surface area contributed by atoms with Crippen molar-refractivity contribution >= 4 is 15.9 Å². The highest BCUT2D eigenvalue weighted by atomic mass is 79.9. The Morgan fingerprint density at radius 1 is 1.25 bits per heavy atom. The third-order valence-corrected chi connectivity index (χ3v) is 3.85. The van der Waals surface area contributed by atoms with Gasteiger partial charge in [-0.15, -0.1) is 0 Å². The summed E-state index contributed by atoms with van der Waals surface area (Å²) in [5.74, 6) is 0.674. The molecule has 0 aliphatic carbocycles. The minimum atomic E-state index is 0.674. The monoisotopic (exact) mass is 335 g/mol. The molecule has 1 heterocycles. The number of nitrogens with zero attached hydrogens (tertiary/aromatic N) is 2. The fourth-order valence-electron chi connectivity index (χ4n) is 2.08. The molecular weight excluding hydrogens is 314 g/mol. The van der Waals surface area contributed by atoms with Crippen LogP contribution in [0.4, 0.5) is 0 Å². The first-order chi connectivity index (χ1) is 9.56. The Labute approximate surface area is 129 Å². The zero-order valence-corrected chi connectivity index (χ0v) is 13.9. The summed E-state index contributed by atoms with van der Waals surface area (Å²) in [4.78, 5) is 0. The summed E-state index contributed by atoms with van der Waals surface area (Å²) in [5, 5.41) is 7.96. The third kappa shape index (κ3) is 4.18. The molecule has 2 rings (SSSR count). The van der Waals surface area contributed by atoms with Crippen LogP contribution in [0.2, 0.25) is 0 Å². The van der Waals surface area contributed by atoms with Gasteiger partial charge in [0.15, 0.2) is 0 Å². The van der Waals surface area contributed by atoms with Gasteiger partial charge in [-0.1, -0.05) is 41.9 Å². The van der Waals surface area contributed by atoms with E-state index in [4.69, 9.17) is 0 Å². The number of benzene rings is 1. The molecule has 108 valence electrons. The molecule has 0 bridgehead atoms. The molecule has 0 amide bonds. The van der Waals surface area contributed by atoms with E-state index in [0.717, 1.165) is 24.1 Å². The van der Waals surface area contributed by atoms with Crippen molar-refractivity contribution in [1.29, 1.82) is 0 Å². The van der Waals surface area contributed by atoms with Crippen molar-refractivity contribution in [2.45, 2.75) is 33.9 Å². The van der Waals surface area contributed by atoms with Crippen molar-refractivity contribution in [2.24, 2.45) is 5.92 Å². The van der Waals surface area contributed by atoms with Crippen molar-refractivity contribution in [3.05, 3.63) is 51.8 Å². The van der Waals surface area contributed by atoms with Crippen LogP contribution in [-0.4, -0.2) is 16.3 Å². The maximum absolute atomic E-state index is 4.50. The maximum Gasteiger partial charge on any atom is 0.0662 e. The van der Waals surface area contributed by atoms with E-state index in [1.54, 1.807) is 0 Å². The van der Waals surface area contributed by atoms with Gasteiger partial charge in [0.2, 0.25) is 0 Å². The second-order valence-electron chi connectivity index (χ2n) is 5.56. The number of nitrogens with one attached hydrogen (secondary N) is 1. The molecule has 1 aromatic heterocycles. The lowest BCUT2D eigenvalue weighted by Gasteiger charge is -2.08. The molecule has 2 aromatic rings. The molecule has 0 unspecified atom stereocenters. The van der Waals surface area contributed by atoms with Crippen molar-refractivity contribution in [3.8, 4) is 0 Å². The fourth-order valence-corrected chi connectivity index (χ4v) is 2.34. The van der Waals surface area contributed by atoms with E-state index in [0.29, 0.717) is 5.92 Å². The van der Waals surface area contributed by atoms with E-state index in [9.17, 15) is 0 Å². The molecule has 0 aliphatic rings. The molecule has 0 fully saturated rings. The SMILES string of the molecule is Cc1c(CNCC(C)C)cnn1Cc1ccc(Br)cc1. The summed E-state index contributed by atoms with van der Waals surface area (Å²) < 4.78 is 3.17. The van der Waals surface area contributed by atoms with Crippen molar-refractivity contribution in [1.82, 2.24) is 15.1 Å². The molecular formula is C16H22BrN3. The van der Waals surface area contributed by atoms with Gasteiger partial charge >= 0.3 is 0 Å². The highest BCUT2D eigenvalue weighted by molar-refractivity contribution is 9.10. The van der Waals surface area contributed by atoms with Crippen molar-refractivity contribution < 1.29 is 0 Å². The lowest BCUT2D eigenvalue weighted by molar-refractivity contribution is 0.551. The van der Waals surface area contributed by atoms with Gasteiger partial charge in [0.25, 0.3) is 0 Å². The normalized spacial score (nSPS) is 11.2. The number of hydrogen-bond acceptors (Lipinski definition) is 2. The zero-order valence-electron chi connectivity index (χ0n) is 12.4. The van der Waals surface area contributed by atoms with Crippen LogP contribution in [0.25, 0.3) is 0 Å². The first-order valence-electron chi connectivity index (χ1n) is 7.02. The Balaban J connectivity index is 1.99. The second kappa shape index (κ2) is 7.04. The standard InChI is InChI=1S/C16H22BrN3/c1-12(2)8-18-9-15-10-19-20(13(15)3)11-14-4-6-16(17)7-5-14/h4-7,10,12,18H,8-9,11H2,1-3H3. The first kappa shape index (κ1) is 15.3. The smallest absolute Gasteiger partial charge is 0.0662 e. The number of aromatic nitrogens is 2. The minimum Gasteiger partial charge on any atom is -0.312 e. The molecule has 0 atom stereocenters. The first-order valence-corrected chi connectivity index (χ1v) is 7.82. The third-order valence-electron chi connectivity index (χ3n) is 3.32. The largest absolute Gasteiger partial charge is 0.312 e. The fraction of sp³-hybridized carbons (Fsp3) is 0.438. The highest BCUT2D eigenvalue weighted by Crippen LogP contribution is 2.13. The highest BCUT2D eigenvalue weighted by Gasteiger charge is 2.07. The number of rotatable bonds is 6. The summed E-state index contributed by atoms with van der Waals surface area (Å²) in [6, 6.07) is 8.39. The topological polar surface area (TPSA) is 29.9 Å². The van der Waals surface area contributed by atoms with Crippen LogP contribution in [0, 0.1) is 12.8 Å². The number of hydrogen-bond donors (Lipinski definition) is 1. The van der Waals surface area contributed by atoms with Crippen LogP contribution in [0.3, 0.4) is 0 Å². The predicted molar refractivity (Wildman–Crippen MR) is 86.8 cm³/mol. The Morgan fingerprint density at radius 2 is 1.95 bits per heavy atom. The van der Waals surface area contributed by atoms with E-state index in [-0.39, 0.29) is 0 Å². The van der Waals surface area contributed by atoms with E-state index in [2.05, 4.69) is 76.1 Å². The van der Waals surface area contributed by atoms with E-state index in [1.165, 1.54) is 16.8 Å². The molecule has 1 aromatic carbocycles. The summed E-state index contributed by atoms with van der Waals surface area (Å²) in [7, 11) is 0. The molecule has 0 saturated carbocycles. The average molecular weight is 336 g/mol. The molecule has 0 saturated heterocycles. The van der Waals surface area contributed by atoms with E-state index in [1.807, 2.05) is 6.20 Å². The molecule has 4 heteroatoms. The summed E-state index contributed by atoms with van der Waals surface area (Å²) in [6.45, 7) is 9.33. The van der Waals surface area contributed by atoms with Gasteiger partial charge in [-0.25, -0.2) is 0 Å². The molecule has 0 aliphatic heterocycles. The van der Waals surface area contributed by atoms with Crippen LogP contribution in [0.5, 0.6) is 0 Å². The summed E-state index contributed by atoms with van der Waals surface area (Å²) >= 11 is 3.46. The Hall–Kier alpha value is -1.13. The van der Waals surface area contributed by atoms with Crippen LogP contribution < -0.4 is 5.32 Å². The molecule has 0 radical (unpaired) electrons. The van der Waals surface area contributed by atoms with Crippen LogP contribution in [0.1, 0.15) is 30.7 Å². The molecule has 3 nitrogen and oxygen atoms in total. The van der Waals surface area contributed by atoms with E-state index < -0.39 is 0 Å². The Kier molecular flexibility index (Phi) is 5.38. The van der Waals surface area contributed by atoms with Crippen molar-refractivity contribution in [2.75, 3.05) is 6.54 Å². The van der Waals surface area contributed by atoms with Crippen LogP contribution in [-0.2, 0) is 13.1 Å². The molecule has 0 spiro atoms. The van der Waals surface area contributed by atoms with Gasteiger partial charge in [0, 0.05) is 22.3 Å². The zero-order chi connectivity index (χ0) is 14.5. The maximum atomic E-state index is 4.50. The van der Waals surface area contributed by atoms with Gasteiger partial charge in [0.05, 0.1) is 12.7 Å². The summed E-state index contributed by atoms with van der Waals surface area (Å²) in [6.07, 6.45) is 1.97. The summed E-state index contributed by atoms with van der Waals surface area (Å²) in [5.41, 5.74) is 3.79. The van der Waals surface area contributed by atoms with Gasteiger partial charge in [-0.05, 0) is 37.1 Å². The van der Waals surface area contributed by atoms with Gasteiger partial charge in [-0.2, -0.15) is 5.10 Å². The quantitative estimate of drug-likeness (QED) is 0.871. The average Bonchev–Trinajstić information content (AvgIpc) is 2.74. The van der Waals surface area contributed by atoms with Crippen molar-refractivity contribution in [3.63, 3.8) is 0 Å². The Morgan fingerprint density at radius 3 is 2.60 bits per heavy atom. The van der Waals surface area contributed by atoms with Gasteiger partial charge in [-0.3, -0.25) is 4.68 Å². The van der Waals surface area contributed by atoms with Gasteiger partial charge < -0.3 is 5.32 Å². The molecule has 1 N–H and O–H groups in total. The van der Waals surface area contributed by atoms with Crippen LogP contribution >= 0.6 is 15.9 Å². The Bertz CT molecular complexity index is 543. The lowest BCUT2D eigenvalue weighted by atomic mass is 10.2. The van der Waals surface area contributed by atoms with Gasteiger partial charge in [0.1, 0.15) is 0 Å².